The summed E-state index contributed by atoms with van der Waals surface area (Å²) in [7, 11) is 0. The first-order valence-electron chi connectivity index (χ1n) is 6.45. The van der Waals surface area contributed by atoms with E-state index >= 15 is 0 Å². The Morgan fingerprint density at radius 2 is 1.85 bits per heavy atom. The quantitative estimate of drug-likeness (QED) is 0.847. The molecule has 0 spiro atoms. The summed E-state index contributed by atoms with van der Waals surface area (Å²) in [5.41, 5.74) is 5.00. The molecule has 2 unspecified atom stereocenters. The molecule has 1 rings (SSSR count). The summed E-state index contributed by atoms with van der Waals surface area (Å²) in [5.74, 6) is -0.0428. The molecule has 0 amide bonds. The van der Waals surface area contributed by atoms with E-state index in [1.165, 1.54) is 18.2 Å². The normalized spacial score (nSPS) is 15.2. The molecular weight excluding hydrogens is 271 g/mol. The molecule has 0 saturated carbocycles. The number of nitrogens with two attached hydrogens (primary N) is 1. The van der Waals surface area contributed by atoms with Crippen LogP contribution in [0.5, 0.6) is 5.75 Å². The van der Waals surface area contributed by atoms with Gasteiger partial charge in [-0.25, -0.2) is 0 Å². The maximum Gasteiger partial charge on any atom is 0.419 e. The number of aliphatic hydroxyl groups excluding tert-OH is 1. The number of alkyl halides is 3. The number of para-hydroxylation sites is 1. The van der Waals surface area contributed by atoms with Gasteiger partial charge in [-0.1, -0.05) is 26.0 Å². The molecule has 0 aromatic heterocycles. The third-order valence-electron chi connectivity index (χ3n) is 2.87. The summed E-state index contributed by atoms with van der Waals surface area (Å²) >= 11 is 0. The third-order valence-corrected chi connectivity index (χ3v) is 2.87. The van der Waals surface area contributed by atoms with E-state index in [2.05, 4.69) is 0 Å². The summed E-state index contributed by atoms with van der Waals surface area (Å²) in [6, 6.07) is 4.39. The lowest BCUT2D eigenvalue weighted by atomic mass is 10.0. The Bertz CT molecular complexity index is 421. The van der Waals surface area contributed by atoms with Crippen LogP contribution in [-0.2, 0) is 6.18 Å². The highest BCUT2D eigenvalue weighted by atomic mass is 19.4. The van der Waals surface area contributed by atoms with Crippen LogP contribution in [0.25, 0.3) is 0 Å². The van der Waals surface area contributed by atoms with Crippen LogP contribution in [0.4, 0.5) is 13.2 Å². The predicted molar refractivity (Wildman–Crippen MR) is 70.4 cm³/mol. The summed E-state index contributed by atoms with van der Waals surface area (Å²) < 4.78 is 43.8. The van der Waals surface area contributed by atoms with Crippen LogP contribution in [-0.4, -0.2) is 23.9 Å². The van der Waals surface area contributed by atoms with Crippen LogP contribution in [0.3, 0.4) is 0 Å². The minimum absolute atomic E-state index is 0.264. The molecule has 0 saturated heterocycles. The van der Waals surface area contributed by atoms with Gasteiger partial charge in [0.15, 0.2) is 0 Å². The second kappa shape index (κ2) is 6.95. The van der Waals surface area contributed by atoms with E-state index in [1.54, 1.807) is 0 Å². The van der Waals surface area contributed by atoms with Gasteiger partial charge in [-0.2, -0.15) is 13.2 Å². The fourth-order valence-electron chi connectivity index (χ4n) is 1.92. The molecular formula is C14H20F3NO2. The molecule has 114 valence electrons. The summed E-state index contributed by atoms with van der Waals surface area (Å²) in [6.07, 6.45) is -4.81. The molecule has 0 heterocycles. The molecule has 0 bridgehead atoms. The number of aliphatic hydroxyl groups is 1. The van der Waals surface area contributed by atoms with Crippen molar-refractivity contribution in [2.45, 2.75) is 38.6 Å². The highest BCUT2D eigenvalue weighted by Crippen LogP contribution is 2.36. The van der Waals surface area contributed by atoms with Gasteiger partial charge in [0.1, 0.15) is 11.9 Å². The highest BCUT2D eigenvalue weighted by Gasteiger charge is 2.35. The SMILES string of the molecule is CC(C)CC(N)C(CO)Oc1ccccc1C(F)(F)F. The first kappa shape index (κ1) is 16.8. The van der Waals surface area contributed by atoms with Gasteiger partial charge in [0.05, 0.1) is 12.2 Å². The lowest BCUT2D eigenvalue weighted by Crippen LogP contribution is -2.42. The highest BCUT2D eigenvalue weighted by molar-refractivity contribution is 5.35. The van der Waals surface area contributed by atoms with E-state index < -0.39 is 30.5 Å². The second-order valence-electron chi connectivity index (χ2n) is 5.13. The van der Waals surface area contributed by atoms with Gasteiger partial charge in [-0.15, -0.1) is 0 Å². The number of ether oxygens (including phenoxy) is 1. The van der Waals surface area contributed by atoms with Crippen LogP contribution in [0, 0.1) is 5.92 Å². The van der Waals surface area contributed by atoms with Crippen LogP contribution >= 0.6 is 0 Å². The Morgan fingerprint density at radius 1 is 1.25 bits per heavy atom. The fraction of sp³-hybridized carbons (Fsp3) is 0.571. The Kier molecular flexibility index (Phi) is 5.83. The number of hydrogen-bond acceptors (Lipinski definition) is 3. The zero-order chi connectivity index (χ0) is 15.3. The monoisotopic (exact) mass is 291 g/mol. The van der Waals surface area contributed by atoms with Crippen LogP contribution < -0.4 is 10.5 Å². The van der Waals surface area contributed by atoms with Gasteiger partial charge in [0, 0.05) is 6.04 Å². The van der Waals surface area contributed by atoms with E-state index in [9.17, 15) is 18.3 Å². The van der Waals surface area contributed by atoms with Gasteiger partial charge in [-0.3, -0.25) is 0 Å². The summed E-state index contributed by atoms with van der Waals surface area (Å²) in [4.78, 5) is 0. The van der Waals surface area contributed by atoms with Crippen molar-refractivity contribution >= 4 is 0 Å². The maximum atomic E-state index is 12.8. The van der Waals surface area contributed by atoms with Gasteiger partial charge >= 0.3 is 6.18 Å². The van der Waals surface area contributed by atoms with Crippen molar-refractivity contribution in [1.82, 2.24) is 0 Å². The van der Waals surface area contributed by atoms with Crippen LogP contribution in [0.1, 0.15) is 25.8 Å². The lowest BCUT2D eigenvalue weighted by molar-refractivity contribution is -0.139. The van der Waals surface area contributed by atoms with Crippen molar-refractivity contribution in [2.75, 3.05) is 6.61 Å². The lowest BCUT2D eigenvalue weighted by Gasteiger charge is -2.26. The van der Waals surface area contributed by atoms with Crippen molar-refractivity contribution in [1.29, 1.82) is 0 Å². The number of hydrogen-bond donors (Lipinski definition) is 2. The standard InChI is InChI=1S/C14H20F3NO2/c1-9(2)7-11(18)13(8-19)20-12-6-4-3-5-10(12)14(15,16)17/h3-6,9,11,13,19H,7-8,18H2,1-2H3. The van der Waals surface area contributed by atoms with Gasteiger partial charge < -0.3 is 15.6 Å². The molecule has 20 heavy (non-hydrogen) atoms. The van der Waals surface area contributed by atoms with Crippen molar-refractivity contribution in [3.8, 4) is 5.75 Å². The summed E-state index contributed by atoms with van der Waals surface area (Å²) in [5, 5.41) is 9.28. The van der Waals surface area contributed by atoms with E-state index in [4.69, 9.17) is 10.5 Å². The molecule has 0 radical (unpaired) electrons. The zero-order valence-corrected chi connectivity index (χ0v) is 11.5. The Labute approximate surface area is 116 Å². The fourth-order valence-corrected chi connectivity index (χ4v) is 1.92. The molecule has 1 aromatic rings. The molecule has 1 aromatic carbocycles. The van der Waals surface area contributed by atoms with Crippen molar-refractivity contribution in [3.05, 3.63) is 29.8 Å². The average molecular weight is 291 g/mol. The van der Waals surface area contributed by atoms with E-state index in [0.717, 1.165) is 6.07 Å². The maximum absolute atomic E-state index is 12.8. The second-order valence-corrected chi connectivity index (χ2v) is 5.13. The molecule has 2 atom stereocenters. The molecule has 3 nitrogen and oxygen atoms in total. The van der Waals surface area contributed by atoms with Gasteiger partial charge in [0.2, 0.25) is 0 Å². The zero-order valence-electron chi connectivity index (χ0n) is 11.5. The van der Waals surface area contributed by atoms with Crippen molar-refractivity contribution in [3.63, 3.8) is 0 Å². The molecule has 0 aliphatic rings. The van der Waals surface area contributed by atoms with Gasteiger partial charge in [-0.05, 0) is 24.5 Å². The van der Waals surface area contributed by atoms with Crippen molar-refractivity contribution in [2.24, 2.45) is 11.7 Å². The minimum atomic E-state index is -4.50. The van der Waals surface area contributed by atoms with Crippen LogP contribution in [0.15, 0.2) is 24.3 Å². The number of benzene rings is 1. The number of rotatable bonds is 6. The number of halogens is 3. The molecule has 6 heteroatoms. The molecule has 0 fully saturated rings. The topological polar surface area (TPSA) is 55.5 Å². The molecule has 3 N–H and O–H groups in total. The van der Waals surface area contributed by atoms with E-state index in [0.29, 0.717) is 6.42 Å². The summed E-state index contributed by atoms with van der Waals surface area (Å²) in [6.45, 7) is 3.45. The van der Waals surface area contributed by atoms with Gasteiger partial charge in [0.25, 0.3) is 0 Å². The first-order chi connectivity index (χ1) is 9.25. The first-order valence-corrected chi connectivity index (χ1v) is 6.45. The smallest absolute Gasteiger partial charge is 0.419 e. The van der Waals surface area contributed by atoms with E-state index in [-0.39, 0.29) is 11.7 Å². The largest absolute Gasteiger partial charge is 0.486 e. The van der Waals surface area contributed by atoms with E-state index in [1.807, 2.05) is 13.8 Å². The molecule has 0 aliphatic carbocycles. The van der Waals surface area contributed by atoms with Crippen molar-refractivity contribution < 1.29 is 23.0 Å². The van der Waals surface area contributed by atoms with Crippen LogP contribution in [0.2, 0.25) is 0 Å². The minimum Gasteiger partial charge on any atom is -0.486 e. The Balaban J connectivity index is 2.90. The Morgan fingerprint density at radius 3 is 2.35 bits per heavy atom. The predicted octanol–water partition coefficient (Wildman–Crippen LogP) is 2.82. The average Bonchev–Trinajstić information content (AvgIpc) is 2.34. The Hall–Kier alpha value is -1.27. The third kappa shape index (κ3) is 4.68. The molecule has 0 aliphatic heterocycles.